The Kier molecular flexibility index (Phi) is 3.64. The van der Waals surface area contributed by atoms with E-state index in [4.69, 9.17) is 23.2 Å². The minimum absolute atomic E-state index is 0.517. The Morgan fingerprint density at radius 3 is 2.85 bits per heavy atom. The lowest BCUT2D eigenvalue weighted by atomic mass is 10.2. The van der Waals surface area contributed by atoms with Crippen molar-refractivity contribution in [1.82, 2.24) is 14.5 Å². The SMILES string of the molecule is Cc1ccc(-n2c(CCCl)nc3cccnc32)cc1Cl. The highest BCUT2D eigenvalue weighted by molar-refractivity contribution is 6.31. The molecule has 2 aromatic heterocycles. The van der Waals surface area contributed by atoms with Gasteiger partial charge in [0.25, 0.3) is 0 Å². The van der Waals surface area contributed by atoms with Gasteiger partial charge < -0.3 is 0 Å². The Morgan fingerprint density at radius 1 is 1.25 bits per heavy atom. The van der Waals surface area contributed by atoms with Crippen molar-refractivity contribution < 1.29 is 0 Å². The number of halogens is 2. The third-order valence-electron chi connectivity index (χ3n) is 3.22. The van der Waals surface area contributed by atoms with Crippen LogP contribution in [0.4, 0.5) is 0 Å². The number of benzene rings is 1. The highest BCUT2D eigenvalue weighted by Crippen LogP contribution is 2.24. The fraction of sp³-hybridized carbons (Fsp3) is 0.200. The van der Waals surface area contributed by atoms with Crippen LogP contribution in [0.1, 0.15) is 11.4 Å². The van der Waals surface area contributed by atoms with Gasteiger partial charge in [0.2, 0.25) is 0 Å². The maximum absolute atomic E-state index is 6.23. The summed E-state index contributed by atoms with van der Waals surface area (Å²) in [5.74, 6) is 1.41. The molecule has 0 bridgehead atoms. The van der Waals surface area contributed by atoms with Crippen molar-refractivity contribution >= 4 is 34.4 Å². The van der Waals surface area contributed by atoms with Crippen molar-refractivity contribution in [2.75, 3.05) is 5.88 Å². The maximum atomic E-state index is 6.23. The van der Waals surface area contributed by atoms with Crippen LogP contribution in [0.15, 0.2) is 36.5 Å². The number of fused-ring (bicyclic) bond motifs is 1. The first kappa shape index (κ1) is 13.4. The number of aryl methyl sites for hydroxylation is 2. The van der Waals surface area contributed by atoms with Gasteiger partial charge in [-0.05, 0) is 36.8 Å². The molecule has 102 valence electrons. The molecule has 3 nitrogen and oxygen atoms in total. The average molecular weight is 306 g/mol. The molecule has 0 atom stereocenters. The molecular formula is C15H13Cl2N3. The molecule has 0 unspecified atom stereocenters. The van der Waals surface area contributed by atoms with Crippen LogP contribution < -0.4 is 0 Å². The predicted molar refractivity (Wildman–Crippen MR) is 83.0 cm³/mol. The fourth-order valence-corrected chi connectivity index (χ4v) is 2.55. The number of hydrogen-bond acceptors (Lipinski definition) is 2. The van der Waals surface area contributed by atoms with Crippen molar-refractivity contribution in [3.63, 3.8) is 0 Å². The Balaban J connectivity index is 2.26. The first-order valence-electron chi connectivity index (χ1n) is 6.35. The van der Waals surface area contributed by atoms with Crippen molar-refractivity contribution in [3.05, 3.63) is 52.9 Å². The molecule has 5 heteroatoms. The third-order valence-corrected chi connectivity index (χ3v) is 3.81. The average Bonchev–Trinajstić information content (AvgIpc) is 2.80. The van der Waals surface area contributed by atoms with E-state index >= 15 is 0 Å². The summed E-state index contributed by atoms with van der Waals surface area (Å²) >= 11 is 12.1. The molecule has 0 aliphatic carbocycles. The van der Waals surface area contributed by atoms with Crippen LogP contribution in [-0.2, 0) is 6.42 Å². The van der Waals surface area contributed by atoms with Crippen molar-refractivity contribution in [3.8, 4) is 5.69 Å². The molecule has 0 fully saturated rings. The number of imidazole rings is 1. The Morgan fingerprint density at radius 2 is 2.10 bits per heavy atom. The number of rotatable bonds is 3. The highest BCUT2D eigenvalue weighted by Gasteiger charge is 2.13. The van der Waals surface area contributed by atoms with Crippen LogP contribution in [0.25, 0.3) is 16.9 Å². The second-order valence-corrected chi connectivity index (χ2v) is 5.37. The van der Waals surface area contributed by atoms with E-state index in [0.29, 0.717) is 12.3 Å². The molecule has 0 saturated carbocycles. The van der Waals surface area contributed by atoms with Gasteiger partial charge in [0.15, 0.2) is 5.65 Å². The van der Waals surface area contributed by atoms with E-state index in [1.165, 1.54) is 0 Å². The topological polar surface area (TPSA) is 30.7 Å². The summed E-state index contributed by atoms with van der Waals surface area (Å²) in [6.45, 7) is 1.98. The first-order chi connectivity index (χ1) is 9.70. The van der Waals surface area contributed by atoms with E-state index in [0.717, 1.165) is 33.3 Å². The maximum Gasteiger partial charge on any atom is 0.164 e. The van der Waals surface area contributed by atoms with E-state index in [9.17, 15) is 0 Å². The zero-order valence-electron chi connectivity index (χ0n) is 11.0. The van der Waals surface area contributed by atoms with Crippen molar-refractivity contribution in [1.29, 1.82) is 0 Å². The molecule has 0 aliphatic rings. The zero-order chi connectivity index (χ0) is 14.1. The quantitative estimate of drug-likeness (QED) is 0.680. The molecule has 2 heterocycles. The van der Waals surface area contributed by atoms with Crippen LogP contribution in [0.2, 0.25) is 5.02 Å². The van der Waals surface area contributed by atoms with Gasteiger partial charge in [-0.1, -0.05) is 17.7 Å². The summed E-state index contributed by atoms with van der Waals surface area (Å²) in [6.07, 6.45) is 2.45. The zero-order valence-corrected chi connectivity index (χ0v) is 12.5. The largest absolute Gasteiger partial charge is 0.281 e. The normalized spacial score (nSPS) is 11.2. The van der Waals surface area contributed by atoms with E-state index in [-0.39, 0.29) is 0 Å². The lowest BCUT2D eigenvalue weighted by Crippen LogP contribution is -2.03. The van der Waals surface area contributed by atoms with Gasteiger partial charge in [0.1, 0.15) is 11.3 Å². The molecule has 3 aromatic rings. The number of nitrogens with zero attached hydrogens (tertiary/aromatic N) is 3. The van der Waals surface area contributed by atoms with E-state index in [1.807, 2.05) is 41.8 Å². The summed E-state index contributed by atoms with van der Waals surface area (Å²) in [4.78, 5) is 9.03. The minimum atomic E-state index is 0.517. The second kappa shape index (κ2) is 5.43. The number of alkyl halides is 1. The van der Waals surface area contributed by atoms with E-state index in [2.05, 4.69) is 9.97 Å². The van der Waals surface area contributed by atoms with Gasteiger partial charge >= 0.3 is 0 Å². The van der Waals surface area contributed by atoms with Gasteiger partial charge in [-0.15, -0.1) is 11.6 Å². The molecule has 0 amide bonds. The van der Waals surface area contributed by atoms with E-state index in [1.54, 1.807) is 6.20 Å². The summed E-state index contributed by atoms with van der Waals surface area (Å²) in [5, 5.41) is 0.733. The van der Waals surface area contributed by atoms with E-state index < -0.39 is 0 Å². The molecule has 0 aliphatic heterocycles. The Bertz CT molecular complexity index is 765. The van der Waals surface area contributed by atoms with Crippen LogP contribution in [0, 0.1) is 6.92 Å². The van der Waals surface area contributed by atoms with Gasteiger partial charge in [0, 0.05) is 23.5 Å². The van der Waals surface area contributed by atoms with Crippen molar-refractivity contribution in [2.24, 2.45) is 0 Å². The lowest BCUT2D eigenvalue weighted by molar-refractivity contribution is 0.905. The third kappa shape index (κ3) is 2.28. The molecule has 0 radical (unpaired) electrons. The number of pyridine rings is 1. The Hall–Kier alpha value is -1.58. The molecular weight excluding hydrogens is 293 g/mol. The molecule has 1 aromatic carbocycles. The second-order valence-electron chi connectivity index (χ2n) is 4.58. The summed E-state index contributed by atoms with van der Waals surface area (Å²) in [7, 11) is 0. The predicted octanol–water partition coefficient (Wildman–Crippen LogP) is 4.16. The van der Waals surface area contributed by atoms with Crippen LogP contribution in [0.5, 0.6) is 0 Å². The number of hydrogen-bond donors (Lipinski definition) is 0. The minimum Gasteiger partial charge on any atom is -0.281 e. The summed E-state index contributed by atoms with van der Waals surface area (Å²) in [5.41, 5.74) is 3.70. The van der Waals surface area contributed by atoms with Crippen LogP contribution >= 0.6 is 23.2 Å². The monoisotopic (exact) mass is 305 g/mol. The molecule has 20 heavy (non-hydrogen) atoms. The van der Waals surface area contributed by atoms with Gasteiger partial charge in [-0.2, -0.15) is 0 Å². The standard InChI is InChI=1S/C15H13Cl2N3/c1-10-4-5-11(9-12(10)17)20-14(6-7-16)19-13-3-2-8-18-15(13)20/h2-5,8-9H,6-7H2,1H3. The summed E-state index contributed by atoms with van der Waals surface area (Å²) in [6, 6.07) is 9.79. The fourth-order valence-electron chi connectivity index (χ4n) is 2.20. The van der Waals surface area contributed by atoms with Crippen molar-refractivity contribution in [2.45, 2.75) is 13.3 Å². The lowest BCUT2D eigenvalue weighted by Gasteiger charge is -2.09. The smallest absolute Gasteiger partial charge is 0.164 e. The Labute approximate surface area is 127 Å². The van der Waals surface area contributed by atoms with Gasteiger partial charge in [0.05, 0.1) is 5.69 Å². The van der Waals surface area contributed by atoms with Gasteiger partial charge in [-0.25, -0.2) is 9.97 Å². The van der Waals surface area contributed by atoms with Crippen LogP contribution in [0.3, 0.4) is 0 Å². The molecule has 3 rings (SSSR count). The summed E-state index contributed by atoms with van der Waals surface area (Å²) < 4.78 is 2.02. The molecule has 0 spiro atoms. The number of aromatic nitrogens is 3. The molecule has 0 saturated heterocycles. The first-order valence-corrected chi connectivity index (χ1v) is 7.27. The highest BCUT2D eigenvalue weighted by atomic mass is 35.5. The molecule has 0 N–H and O–H groups in total. The van der Waals surface area contributed by atoms with Gasteiger partial charge in [-0.3, -0.25) is 4.57 Å². The van der Waals surface area contributed by atoms with Crippen LogP contribution in [-0.4, -0.2) is 20.4 Å².